The molecule has 0 fully saturated rings. The number of hydrogen-bond donors (Lipinski definition) is 3. The van der Waals surface area contributed by atoms with Crippen molar-refractivity contribution in [3.63, 3.8) is 0 Å². The van der Waals surface area contributed by atoms with Crippen LogP contribution < -0.4 is 17.2 Å². The number of nitrogens with two attached hydrogens (primary N) is 3. The number of hydrogen-bond acceptors (Lipinski definition) is 11. The van der Waals surface area contributed by atoms with Crippen LogP contribution in [0.2, 0.25) is 55.2 Å². The van der Waals surface area contributed by atoms with Crippen molar-refractivity contribution < 1.29 is 32.9 Å². The number of nitro groups is 4. The molecular weight excluding hydrogens is 1260 g/mol. The van der Waals surface area contributed by atoms with E-state index < -0.39 is 37.1 Å². The van der Waals surface area contributed by atoms with Gasteiger partial charge in [-0.05, 0) is 36.4 Å². The van der Waals surface area contributed by atoms with Gasteiger partial charge in [0, 0.05) is 86.1 Å². The molecule has 0 saturated carbocycles. The average molecular weight is 1280 g/mol. The molecule has 6 N–H and O–H groups in total. The van der Waals surface area contributed by atoms with Crippen molar-refractivity contribution in [1.29, 1.82) is 0 Å². The van der Waals surface area contributed by atoms with Crippen molar-refractivity contribution in [2.75, 3.05) is 17.2 Å². The first-order valence-corrected chi connectivity index (χ1v) is 22.4. The van der Waals surface area contributed by atoms with Crippen LogP contribution in [0.1, 0.15) is 0 Å². The highest BCUT2D eigenvalue weighted by Crippen LogP contribution is 2.35. The first kappa shape index (κ1) is 64.4. The van der Waals surface area contributed by atoms with Crippen LogP contribution in [0.25, 0.3) is 0 Å². The minimum absolute atomic E-state index is 0.0272. The molecular formula is C36H20BrCl13F3N7O8. The van der Waals surface area contributed by atoms with E-state index in [9.17, 15) is 53.6 Å². The number of nitrogens with zero attached hydrogens (tertiary/aromatic N) is 4. The molecule has 0 heterocycles. The summed E-state index contributed by atoms with van der Waals surface area (Å²) in [5, 5.41) is 40.5. The minimum atomic E-state index is -0.844. The maximum absolute atomic E-state index is 12.7. The zero-order valence-electron chi connectivity index (χ0n) is 32.3. The van der Waals surface area contributed by atoms with E-state index in [0.717, 1.165) is 36.4 Å². The molecule has 6 rings (SSSR count). The van der Waals surface area contributed by atoms with Gasteiger partial charge in [0.15, 0.2) is 17.5 Å². The molecule has 15 nitrogen and oxygen atoms in total. The van der Waals surface area contributed by atoms with E-state index in [1.54, 1.807) is 0 Å². The van der Waals surface area contributed by atoms with Crippen LogP contribution in [0.5, 0.6) is 0 Å². The highest BCUT2D eigenvalue weighted by atomic mass is 79.9. The zero-order valence-corrected chi connectivity index (χ0v) is 43.7. The van der Waals surface area contributed by atoms with E-state index in [1.165, 1.54) is 48.5 Å². The number of benzene rings is 6. The lowest BCUT2D eigenvalue weighted by molar-refractivity contribution is -0.385. The fraction of sp³-hybridized carbons (Fsp3) is 0. The molecule has 0 aliphatic heterocycles. The summed E-state index contributed by atoms with van der Waals surface area (Å²) in [6.07, 6.45) is 0. The second-order valence-electron chi connectivity index (χ2n) is 11.4. The normalized spacial score (nSPS) is 9.60. The number of nitro benzene ring substituents is 4. The summed E-state index contributed by atoms with van der Waals surface area (Å²) < 4.78 is 38.6. The van der Waals surface area contributed by atoms with Crippen molar-refractivity contribution in [2.24, 2.45) is 0 Å². The van der Waals surface area contributed by atoms with Gasteiger partial charge in [-0.2, -0.15) is 0 Å². The number of rotatable bonds is 4. The lowest BCUT2D eigenvalue weighted by atomic mass is 10.3. The molecule has 32 heteroatoms. The molecule has 0 bridgehead atoms. The quantitative estimate of drug-likeness (QED) is 0.0492. The van der Waals surface area contributed by atoms with Gasteiger partial charge >= 0.3 is 0 Å². The first-order chi connectivity index (χ1) is 31.5. The van der Waals surface area contributed by atoms with Crippen LogP contribution in [-0.2, 0) is 0 Å². The van der Waals surface area contributed by atoms with Gasteiger partial charge in [0.25, 0.3) is 22.7 Å². The molecule has 0 spiro atoms. The molecule has 0 aliphatic rings. The van der Waals surface area contributed by atoms with Gasteiger partial charge in [0.2, 0.25) is 0 Å². The Morgan fingerprint density at radius 1 is 0.382 bits per heavy atom. The molecule has 0 unspecified atom stereocenters. The zero-order chi connectivity index (χ0) is 52.9. The molecule has 0 atom stereocenters. The predicted molar refractivity (Wildman–Crippen MR) is 273 cm³/mol. The van der Waals surface area contributed by atoms with Crippen LogP contribution in [-0.4, -0.2) is 19.7 Å². The van der Waals surface area contributed by atoms with Crippen LogP contribution in [0, 0.1) is 57.9 Å². The van der Waals surface area contributed by atoms with Gasteiger partial charge in [-0.25, -0.2) is 13.2 Å². The molecule has 6 aromatic carbocycles. The molecule has 366 valence electrons. The van der Waals surface area contributed by atoms with E-state index in [-0.39, 0.29) is 83.7 Å². The van der Waals surface area contributed by atoms with E-state index in [2.05, 4.69) is 37.6 Å². The number of halogens is 17. The lowest BCUT2D eigenvalue weighted by Crippen LogP contribution is -1.92. The molecule has 0 amide bonds. The molecule has 0 aliphatic carbocycles. The van der Waals surface area contributed by atoms with Crippen molar-refractivity contribution in [1.82, 2.24) is 0 Å². The third kappa shape index (κ3) is 22.4. The van der Waals surface area contributed by atoms with Crippen LogP contribution in [0.15, 0.2) is 89.4 Å². The fourth-order valence-corrected chi connectivity index (χ4v) is 6.92. The van der Waals surface area contributed by atoms with Crippen LogP contribution >= 0.6 is 165 Å². The van der Waals surface area contributed by atoms with Gasteiger partial charge < -0.3 is 17.2 Å². The maximum Gasteiger partial charge on any atom is 0.272 e. The molecule has 0 saturated heterocycles. The Labute approximate surface area is 453 Å². The molecule has 68 heavy (non-hydrogen) atoms. The summed E-state index contributed by atoms with van der Waals surface area (Å²) in [5.41, 5.74) is 16.4. The highest BCUT2D eigenvalue weighted by molar-refractivity contribution is 9.10. The third-order valence-corrected chi connectivity index (χ3v) is 10.6. The van der Waals surface area contributed by atoms with Gasteiger partial charge in [0.1, 0.15) is 0 Å². The summed E-state index contributed by atoms with van der Waals surface area (Å²) in [4.78, 5) is 38.5. The van der Waals surface area contributed by atoms with E-state index in [4.69, 9.17) is 145 Å². The minimum Gasteiger partial charge on any atom is -0.399 e. The van der Waals surface area contributed by atoms with Crippen molar-refractivity contribution in [3.05, 3.63) is 203 Å². The average Bonchev–Trinajstić information content (AvgIpc) is 3.26. The van der Waals surface area contributed by atoms with Gasteiger partial charge in [-0.15, -0.1) is 0 Å². The smallest absolute Gasteiger partial charge is 0.272 e. The van der Waals surface area contributed by atoms with Crippen molar-refractivity contribution in [2.45, 2.75) is 0 Å². The SMILES string of the molecule is ClCl.Fc1c(Cl)cc(Br)cc1Cl.Nc1c(Cl)cc([N+](=O)[O-])cc1Cl.Nc1cc(Cl)c(F)c(Cl)c1.Nc1ccc([N+](=O)[O-])cc1.O=[N+]([O-])c1cc(Cl)c(Cl)c(Cl)c1.O=[N+]([O-])c1cc(Cl)c(F)c(Cl)c1. The summed E-state index contributed by atoms with van der Waals surface area (Å²) in [6, 6.07) is 17.7. The number of anilines is 3. The third-order valence-electron chi connectivity index (χ3n) is 6.69. The molecule has 6 aromatic rings. The molecule has 0 aromatic heterocycles. The predicted octanol–water partition coefficient (Wildman–Crippen LogP) is 18.2. The lowest BCUT2D eigenvalue weighted by Gasteiger charge is -1.99. The topological polar surface area (TPSA) is 251 Å². The van der Waals surface area contributed by atoms with E-state index >= 15 is 0 Å². The highest BCUT2D eigenvalue weighted by Gasteiger charge is 2.15. The number of non-ortho nitro benzene ring substituents is 4. The largest absolute Gasteiger partial charge is 0.399 e. The Hall–Kier alpha value is -3.64. The fourth-order valence-electron chi connectivity index (χ4n) is 3.67. The van der Waals surface area contributed by atoms with Gasteiger partial charge in [-0.1, -0.05) is 144 Å². The van der Waals surface area contributed by atoms with Crippen LogP contribution in [0.3, 0.4) is 0 Å². The summed E-state index contributed by atoms with van der Waals surface area (Å²) in [7, 11) is 8.22. The second-order valence-corrected chi connectivity index (χ2v) is 16.7. The maximum atomic E-state index is 12.7. The second kappa shape index (κ2) is 31.6. The molecule has 0 radical (unpaired) electrons. The van der Waals surface area contributed by atoms with E-state index in [1.807, 2.05) is 0 Å². The number of nitrogen functional groups attached to an aromatic ring is 3. The van der Waals surface area contributed by atoms with Gasteiger partial charge in [-0.3, -0.25) is 40.5 Å². The van der Waals surface area contributed by atoms with E-state index in [0.29, 0.717) is 15.8 Å². The first-order valence-electron chi connectivity index (χ1n) is 16.3. The van der Waals surface area contributed by atoms with Gasteiger partial charge in [0.05, 0.1) is 80.6 Å². The Balaban J connectivity index is 0.000000787. The monoisotopic (exact) mass is 1270 g/mol. The summed E-state index contributed by atoms with van der Waals surface area (Å²) >= 11 is 63.1. The Morgan fingerprint density at radius 3 is 0.926 bits per heavy atom. The summed E-state index contributed by atoms with van der Waals surface area (Å²) in [5.74, 6) is -2.05. The summed E-state index contributed by atoms with van der Waals surface area (Å²) in [6.45, 7) is 0. The Bertz CT molecular complexity index is 2430. The van der Waals surface area contributed by atoms with Crippen molar-refractivity contribution >= 4 is 205 Å². The Morgan fingerprint density at radius 2 is 0.632 bits per heavy atom. The Kier molecular flexibility index (Phi) is 29.9. The van der Waals surface area contributed by atoms with Crippen LogP contribution in [0.4, 0.5) is 53.0 Å². The standard InChI is InChI=1S/C6H2BrCl2F.C6H2Cl3NO2.C6H2Cl2FNO2.C6H4Cl2FN.C6H4Cl2N2O2.C6H6N2O2.Cl2/c7-3-1-4(8)6(10)5(9)2-3;2*7-4-1-3(10(11)12)2-5(8)6(4)9;7-4-1-3(10)2-5(8)6(4)9;7-4-1-3(10(11)12)2-5(8)6(4)9;7-5-1-3-6(4-2-5)8(9)10;1-2/h1-2H;2*1-2H;1-2H,10H2;1-2H,9H2;1-4H,7H2;. The van der Waals surface area contributed by atoms with Crippen molar-refractivity contribution in [3.8, 4) is 0 Å².